The van der Waals surface area contributed by atoms with Gasteiger partial charge in [0.25, 0.3) is 0 Å². The van der Waals surface area contributed by atoms with Gasteiger partial charge in [-0.1, -0.05) is 182 Å². The van der Waals surface area contributed by atoms with Crippen LogP contribution in [0.5, 0.6) is 0 Å². The van der Waals surface area contributed by atoms with Crippen molar-refractivity contribution in [2.24, 2.45) is 0 Å². The normalized spacial score (nSPS) is 13.2. The predicted molar refractivity (Wildman–Crippen MR) is 260 cm³/mol. The lowest BCUT2D eigenvalue weighted by Crippen LogP contribution is -2.36. The van der Waals surface area contributed by atoms with Crippen LogP contribution in [0.1, 0.15) is 22.3 Å². The van der Waals surface area contributed by atoms with E-state index in [9.17, 15) is 0 Å². The summed E-state index contributed by atoms with van der Waals surface area (Å²) in [7, 11) is 0. The standard InChI is InChI=1S/C59H38N2S/c1-3-17-39(18-4-1)44-23-7-11-29-53(44)61-54-30-12-8-24-46(54)47-36-34-43(38-55(47)61)60(41-21-5-2-6-22-41)42-33-35-45-48-25-15-19-40-20-16-28-51(58(40)48)59(52(45)37-42)49-26-9-13-31-56(49)62-57-32-14-10-27-50(57)59/h1-38H. The van der Waals surface area contributed by atoms with Gasteiger partial charge in [0.1, 0.15) is 0 Å². The summed E-state index contributed by atoms with van der Waals surface area (Å²) >= 11 is 1.89. The molecule has 0 radical (unpaired) electrons. The average molecular weight is 807 g/mol. The molecule has 2 heterocycles. The Morgan fingerprint density at radius 1 is 0.371 bits per heavy atom. The number of hydrogen-bond donors (Lipinski definition) is 0. The fourth-order valence-corrected chi connectivity index (χ4v) is 11.9. The molecular weight excluding hydrogens is 769 g/mol. The topological polar surface area (TPSA) is 8.17 Å². The molecular formula is C59H38N2S. The van der Waals surface area contributed by atoms with E-state index in [2.05, 4.69) is 240 Å². The fraction of sp³-hybridized carbons (Fsp3) is 0.0169. The van der Waals surface area contributed by atoms with Crippen LogP contribution < -0.4 is 4.90 Å². The third-order valence-corrected chi connectivity index (χ3v) is 14.4. The van der Waals surface area contributed by atoms with E-state index in [4.69, 9.17) is 0 Å². The van der Waals surface area contributed by atoms with E-state index in [1.165, 1.54) is 81.4 Å². The summed E-state index contributed by atoms with van der Waals surface area (Å²) in [6, 6.07) is 85.4. The Kier molecular flexibility index (Phi) is 7.79. The van der Waals surface area contributed by atoms with Crippen molar-refractivity contribution in [2.45, 2.75) is 15.2 Å². The second-order valence-corrected chi connectivity index (χ2v) is 17.5. The molecule has 0 atom stereocenters. The Morgan fingerprint density at radius 3 is 1.77 bits per heavy atom. The van der Waals surface area contributed by atoms with Crippen LogP contribution in [0.25, 0.3) is 60.5 Å². The zero-order valence-electron chi connectivity index (χ0n) is 33.7. The maximum absolute atomic E-state index is 2.51. The van der Waals surface area contributed by atoms with Crippen LogP contribution in [0.3, 0.4) is 0 Å². The third kappa shape index (κ3) is 5.00. The Hall–Kier alpha value is -7.59. The molecule has 1 spiro atoms. The molecule has 0 saturated carbocycles. The molecule has 1 aliphatic heterocycles. The van der Waals surface area contributed by atoms with Gasteiger partial charge in [0.2, 0.25) is 0 Å². The van der Waals surface area contributed by atoms with Crippen molar-refractivity contribution in [1.82, 2.24) is 4.57 Å². The van der Waals surface area contributed by atoms with E-state index in [0.717, 1.165) is 28.3 Å². The van der Waals surface area contributed by atoms with Crippen molar-refractivity contribution in [1.29, 1.82) is 0 Å². The van der Waals surface area contributed by atoms with E-state index in [1.807, 2.05) is 11.8 Å². The average Bonchev–Trinajstić information content (AvgIpc) is 3.67. The van der Waals surface area contributed by atoms with E-state index >= 15 is 0 Å². The lowest BCUT2D eigenvalue weighted by molar-refractivity contribution is 0.707. The molecule has 11 aromatic rings. The van der Waals surface area contributed by atoms with Crippen molar-refractivity contribution < 1.29 is 0 Å². The van der Waals surface area contributed by atoms with Gasteiger partial charge in [0, 0.05) is 43.2 Å². The molecule has 2 aliphatic rings. The molecule has 0 amide bonds. The smallest absolute Gasteiger partial charge is 0.0736 e. The third-order valence-electron chi connectivity index (χ3n) is 13.2. The summed E-state index contributed by atoms with van der Waals surface area (Å²) in [4.78, 5) is 5.05. The van der Waals surface area contributed by atoms with Gasteiger partial charge in [-0.15, -0.1) is 0 Å². The van der Waals surface area contributed by atoms with Gasteiger partial charge < -0.3 is 9.47 Å². The zero-order chi connectivity index (χ0) is 40.8. The van der Waals surface area contributed by atoms with Crippen LogP contribution in [0, 0.1) is 0 Å². The highest BCUT2D eigenvalue weighted by Gasteiger charge is 2.48. The monoisotopic (exact) mass is 806 g/mol. The molecule has 13 rings (SSSR count). The molecule has 0 N–H and O–H groups in total. The minimum Gasteiger partial charge on any atom is -0.310 e. The molecule has 2 nitrogen and oxygen atoms in total. The summed E-state index contributed by atoms with van der Waals surface area (Å²) < 4.78 is 2.46. The largest absolute Gasteiger partial charge is 0.310 e. The van der Waals surface area contributed by atoms with Gasteiger partial charge in [0.15, 0.2) is 0 Å². The Balaban J connectivity index is 1.10. The molecule has 1 aliphatic carbocycles. The number of anilines is 3. The van der Waals surface area contributed by atoms with Gasteiger partial charge in [-0.25, -0.2) is 0 Å². The van der Waals surface area contributed by atoms with Crippen molar-refractivity contribution in [3.05, 3.63) is 253 Å². The Labute approximate surface area is 365 Å². The number of para-hydroxylation sites is 3. The Morgan fingerprint density at radius 2 is 0.968 bits per heavy atom. The number of hydrogen-bond acceptors (Lipinski definition) is 2. The SMILES string of the molecule is c1ccc(-c2ccccc2-n2c3ccccc3c3ccc(N(c4ccccc4)c4ccc5c(c4)C4(c6ccccc6Sc6ccccc64)c4cccc6cccc-5c46)cc32)cc1. The molecule has 62 heavy (non-hydrogen) atoms. The van der Waals surface area contributed by atoms with Gasteiger partial charge >= 0.3 is 0 Å². The fourth-order valence-electron chi connectivity index (χ4n) is 10.7. The highest BCUT2D eigenvalue weighted by atomic mass is 32.2. The van der Waals surface area contributed by atoms with Crippen molar-refractivity contribution in [3.8, 4) is 27.9 Å². The van der Waals surface area contributed by atoms with E-state index in [-0.39, 0.29) is 0 Å². The summed E-state index contributed by atoms with van der Waals surface area (Å²) in [6.07, 6.45) is 0. The Bertz CT molecular complexity index is 3520. The number of benzene rings is 10. The zero-order valence-corrected chi connectivity index (χ0v) is 34.6. The maximum Gasteiger partial charge on any atom is 0.0736 e. The summed E-state index contributed by atoms with van der Waals surface area (Å²) in [5, 5.41) is 5.06. The lowest BCUT2D eigenvalue weighted by Gasteiger charge is -2.46. The molecule has 10 aromatic carbocycles. The number of aromatic nitrogens is 1. The van der Waals surface area contributed by atoms with Crippen LogP contribution in [0.15, 0.2) is 240 Å². The second kappa shape index (κ2) is 13.7. The van der Waals surface area contributed by atoms with Crippen LogP contribution >= 0.6 is 11.8 Å². The minimum atomic E-state index is -0.544. The molecule has 290 valence electrons. The lowest BCUT2D eigenvalue weighted by atomic mass is 9.59. The van der Waals surface area contributed by atoms with E-state index < -0.39 is 5.41 Å². The van der Waals surface area contributed by atoms with Gasteiger partial charge in [-0.2, -0.15) is 0 Å². The molecule has 0 saturated heterocycles. The quantitative estimate of drug-likeness (QED) is 0.171. The molecule has 0 bridgehead atoms. The highest BCUT2D eigenvalue weighted by Crippen LogP contribution is 2.62. The summed E-state index contributed by atoms with van der Waals surface area (Å²) in [6.45, 7) is 0. The van der Waals surface area contributed by atoms with Crippen LogP contribution in [0.2, 0.25) is 0 Å². The van der Waals surface area contributed by atoms with Gasteiger partial charge in [0.05, 0.1) is 22.1 Å². The second-order valence-electron chi connectivity index (χ2n) is 16.4. The van der Waals surface area contributed by atoms with Crippen molar-refractivity contribution in [3.63, 3.8) is 0 Å². The van der Waals surface area contributed by atoms with Crippen molar-refractivity contribution >= 4 is 61.4 Å². The first kappa shape index (κ1) is 35.2. The first-order chi connectivity index (χ1) is 30.8. The predicted octanol–water partition coefficient (Wildman–Crippen LogP) is 15.9. The molecule has 0 fully saturated rings. The minimum absolute atomic E-state index is 0.544. The highest BCUT2D eigenvalue weighted by molar-refractivity contribution is 7.99. The van der Waals surface area contributed by atoms with Crippen molar-refractivity contribution in [2.75, 3.05) is 4.90 Å². The van der Waals surface area contributed by atoms with E-state index in [1.54, 1.807) is 0 Å². The number of fused-ring (bicyclic) bond motifs is 11. The molecule has 3 heteroatoms. The number of rotatable bonds is 5. The maximum atomic E-state index is 2.51. The van der Waals surface area contributed by atoms with E-state index in [0.29, 0.717) is 0 Å². The van der Waals surface area contributed by atoms with Crippen LogP contribution in [0.4, 0.5) is 17.1 Å². The number of nitrogens with zero attached hydrogens (tertiary/aromatic N) is 2. The molecule has 1 aromatic heterocycles. The first-order valence-electron chi connectivity index (χ1n) is 21.3. The van der Waals surface area contributed by atoms with Crippen LogP contribution in [-0.4, -0.2) is 4.57 Å². The van der Waals surface area contributed by atoms with Gasteiger partial charge in [-0.05, 0) is 110 Å². The summed E-state index contributed by atoms with van der Waals surface area (Å²) in [5.74, 6) is 0. The summed E-state index contributed by atoms with van der Waals surface area (Å²) in [5.41, 5.74) is 16.5. The first-order valence-corrected chi connectivity index (χ1v) is 22.2. The van der Waals surface area contributed by atoms with Gasteiger partial charge in [-0.3, -0.25) is 0 Å². The molecule has 0 unspecified atom stereocenters. The van der Waals surface area contributed by atoms with Crippen LogP contribution in [-0.2, 0) is 5.41 Å².